The molecule has 0 bridgehead atoms. The summed E-state index contributed by atoms with van der Waals surface area (Å²) in [5.74, 6) is -1.68. The van der Waals surface area contributed by atoms with Crippen LogP contribution in [0.15, 0.2) is 30.3 Å². The van der Waals surface area contributed by atoms with Crippen LogP contribution in [0.3, 0.4) is 0 Å². The highest BCUT2D eigenvalue weighted by Crippen LogP contribution is 2.31. The maximum atomic E-state index is 13.2. The first-order valence-electron chi connectivity index (χ1n) is 4.99. The third-order valence-corrected chi connectivity index (χ3v) is 3.74. The highest BCUT2D eigenvalue weighted by Gasteiger charge is 2.15. The third-order valence-electron chi connectivity index (χ3n) is 2.44. The van der Waals surface area contributed by atoms with Crippen molar-refractivity contribution in [3.05, 3.63) is 56.7 Å². The van der Waals surface area contributed by atoms with Gasteiger partial charge in [0.1, 0.15) is 0 Å². The van der Waals surface area contributed by atoms with E-state index in [0.29, 0.717) is 9.90 Å². The Kier molecular flexibility index (Phi) is 3.76. The molecule has 0 radical (unpaired) electrons. The van der Waals surface area contributed by atoms with Crippen LogP contribution in [0.4, 0.5) is 8.78 Å². The van der Waals surface area contributed by atoms with Gasteiger partial charge in [-0.05, 0) is 36.9 Å². The second-order valence-electron chi connectivity index (χ2n) is 3.54. The Morgan fingerprint density at radius 1 is 1.18 bits per heavy atom. The summed E-state index contributed by atoms with van der Waals surface area (Å²) in [6.45, 7) is 0. The van der Waals surface area contributed by atoms with E-state index in [2.05, 4.69) is 5.32 Å². The lowest BCUT2D eigenvalue weighted by Gasteiger charge is -2.15. The second kappa shape index (κ2) is 5.12. The van der Waals surface area contributed by atoms with Crippen molar-refractivity contribution in [2.24, 2.45) is 0 Å². The van der Waals surface area contributed by atoms with E-state index >= 15 is 0 Å². The Bertz CT molecular complexity index is 527. The first kappa shape index (κ1) is 12.5. The Morgan fingerprint density at radius 3 is 2.47 bits per heavy atom. The largest absolute Gasteiger partial charge is 0.309 e. The van der Waals surface area contributed by atoms with Gasteiger partial charge in [-0.15, -0.1) is 11.3 Å². The third kappa shape index (κ3) is 2.65. The van der Waals surface area contributed by atoms with Gasteiger partial charge in [-0.2, -0.15) is 0 Å². The number of nitrogens with one attached hydrogen (secondary N) is 1. The molecule has 2 aromatic rings. The first-order chi connectivity index (χ1) is 8.11. The summed E-state index contributed by atoms with van der Waals surface area (Å²) in [7, 11) is 1.76. The molecule has 0 spiro atoms. The zero-order valence-corrected chi connectivity index (χ0v) is 10.6. The van der Waals surface area contributed by atoms with E-state index in [9.17, 15) is 8.78 Å². The van der Waals surface area contributed by atoms with Gasteiger partial charge >= 0.3 is 0 Å². The molecule has 5 heteroatoms. The zero-order valence-electron chi connectivity index (χ0n) is 9.01. The monoisotopic (exact) mass is 273 g/mol. The van der Waals surface area contributed by atoms with Crippen molar-refractivity contribution in [1.82, 2.24) is 5.32 Å². The van der Waals surface area contributed by atoms with E-state index in [0.717, 1.165) is 10.9 Å². The van der Waals surface area contributed by atoms with Crippen LogP contribution in [0.25, 0.3) is 0 Å². The molecule has 1 atom stereocenters. The maximum Gasteiger partial charge on any atom is 0.159 e. The molecule has 1 aromatic carbocycles. The van der Waals surface area contributed by atoms with Gasteiger partial charge in [0.25, 0.3) is 0 Å². The number of thiophene rings is 1. The minimum atomic E-state index is -0.842. The smallest absolute Gasteiger partial charge is 0.159 e. The minimum absolute atomic E-state index is 0.178. The van der Waals surface area contributed by atoms with E-state index in [4.69, 9.17) is 11.6 Å². The van der Waals surface area contributed by atoms with Crippen LogP contribution in [-0.4, -0.2) is 7.05 Å². The van der Waals surface area contributed by atoms with Crippen LogP contribution in [0.5, 0.6) is 0 Å². The molecule has 1 unspecified atom stereocenters. The predicted molar refractivity (Wildman–Crippen MR) is 66.6 cm³/mol. The summed E-state index contributed by atoms with van der Waals surface area (Å²) in [4.78, 5) is 0.962. The normalized spacial score (nSPS) is 12.7. The second-order valence-corrected chi connectivity index (χ2v) is 5.28. The van der Waals surface area contributed by atoms with E-state index < -0.39 is 11.6 Å². The molecule has 1 N–H and O–H groups in total. The summed E-state index contributed by atoms with van der Waals surface area (Å²) >= 11 is 7.27. The summed E-state index contributed by atoms with van der Waals surface area (Å²) in [5, 5.41) is 3.06. The van der Waals surface area contributed by atoms with Crippen molar-refractivity contribution in [3.63, 3.8) is 0 Å². The molecular weight excluding hydrogens is 264 g/mol. The lowest BCUT2D eigenvalue weighted by Crippen LogP contribution is -2.16. The van der Waals surface area contributed by atoms with Crippen LogP contribution in [0, 0.1) is 11.6 Å². The summed E-state index contributed by atoms with van der Waals surface area (Å²) in [5.41, 5.74) is 0.671. The standard InChI is InChI=1S/C12H10ClF2NS/c1-16-12(10-4-5-11(13)17-10)7-2-3-8(14)9(15)6-7/h2-6,12,16H,1H3. The van der Waals surface area contributed by atoms with E-state index in [1.807, 2.05) is 6.07 Å². The molecule has 0 aliphatic heterocycles. The molecule has 0 aliphatic rings. The van der Waals surface area contributed by atoms with Crippen molar-refractivity contribution in [1.29, 1.82) is 0 Å². The number of hydrogen-bond donors (Lipinski definition) is 1. The molecule has 0 saturated carbocycles. The molecule has 0 fully saturated rings. The van der Waals surface area contributed by atoms with Gasteiger partial charge in [0.05, 0.1) is 10.4 Å². The van der Waals surface area contributed by atoms with Crippen LogP contribution in [-0.2, 0) is 0 Å². The van der Waals surface area contributed by atoms with E-state index in [1.54, 1.807) is 19.2 Å². The van der Waals surface area contributed by atoms with Gasteiger partial charge in [-0.3, -0.25) is 0 Å². The number of benzene rings is 1. The van der Waals surface area contributed by atoms with Crippen molar-refractivity contribution in [2.45, 2.75) is 6.04 Å². The fourth-order valence-corrected chi connectivity index (χ4v) is 2.85. The summed E-state index contributed by atoms with van der Waals surface area (Å²) < 4.78 is 26.7. The Morgan fingerprint density at radius 2 is 1.94 bits per heavy atom. The lowest BCUT2D eigenvalue weighted by molar-refractivity contribution is 0.505. The highest BCUT2D eigenvalue weighted by molar-refractivity contribution is 7.16. The maximum absolute atomic E-state index is 13.2. The Hall–Kier alpha value is -0.970. The van der Waals surface area contributed by atoms with Gasteiger partial charge in [-0.1, -0.05) is 17.7 Å². The van der Waals surface area contributed by atoms with Crippen molar-refractivity contribution in [2.75, 3.05) is 7.05 Å². The van der Waals surface area contributed by atoms with Crippen molar-refractivity contribution < 1.29 is 8.78 Å². The van der Waals surface area contributed by atoms with E-state index in [1.165, 1.54) is 17.4 Å². The quantitative estimate of drug-likeness (QED) is 0.892. The predicted octanol–water partition coefficient (Wildman–Crippen LogP) is 3.99. The number of halogens is 3. The molecule has 1 heterocycles. The highest BCUT2D eigenvalue weighted by atomic mass is 35.5. The molecule has 1 nitrogen and oxygen atoms in total. The van der Waals surface area contributed by atoms with Crippen LogP contribution < -0.4 is 5.32 Å². The molecule has 17 heavy (non-hydrogen) atoms. The molecule has 0 saturated heterocycles. The van der Waals surface area contributed by atoms with Crippen molar-refractivity contribution in [3.8, 4) is 0 Å². The van der Waals surface area contributed by atoms with Gasteiger partial charge in [-0.25, -0.2) is 8.78 Å². The fourth-order valence-electron chi connectivity index (χ4n) is 1.65. The number of hydrogen-bond acceptors (Lipinski definition) is 2. The van der Waals surface area contributed by atoms with Crippen LogP contribution >= 0.6 is 22.9 Å². The van der Waals surface area contributed by atoms with Gasteiger partial charge in [0.15, 0.2) is 11.6 Å². The molecule has 0 aliphatic carbocycles. The molecule has 2 rings (SSSR count). The molecule has 1 aromatic heterocycles. The van der Waals surface area contributed by atoms with Gasteiger partial charge in [0, 0.05) is 4.88 Å². The van der Waals surface area contributed by atoms with E-state index in [-0.39, 0.29) is 6.04 Å². The van der Waals surface area contributed by atoms with Gasteiger partial charge < -0.3 is 5.32 Å². The first-order valence-corrected chi connectivity index (χ1v) is 6.18. The average Bonchev–Trinajstić information content (AvgIpc) is 2.71. The topological polar surface area (TPSA) is 12.0 Å². The van der Waals surface area contributed by atoms with Crippen LogP contribution in [0.2, 0.25) is 4.34 Å². The zero-order chi connectivity index (χ0) is 12.4. The Balaban J connectivity index is 2.38. The SMILES string of the molecule is CNC(c1ccc(F)c(F)c1)c1ccc(Cl)s1. The Labute approximate surface area is 107 Å². The molecular formula is C12H10ClF2NS. The molecule has 90 valence electrons. The average molecular weight is 274 g/mol. The van der Waals surface area contributed by atoms with Gasteiger partial charge in [0.2, 0.25) is 0 Å². The molecule has 0 amide bonds. The summed E-state index contributed by atoms with van der Waals surface area (Å²) in [6.07, 6.45) is 0. The minimum Gasteiger partial charge on any atom is -0.309 e. The summed E-state index contributed by atoms with van der Waals surface area (Å²) in [6, 6.07) is 7.37. The van der Waals surface area contributed by atoms with Crippen molar-refractivity contribution >= 4 is 22.9 Å². The number of rotatable bonds is 3. The lowest BCUT2D eigenvalue weighted by atomic mass is 10.1. The van der Waals surface area contributed by atoms with Crippen LogP contribution in [0.1, 0.15) is 16.5 Å². The fraction of sp³-hybridized carbons (Fsp3) is 0.167.